The molecule has 0 aliphatic heterocycles. The van der Waals surface area contributed by atoms with Gasteiger partial charge in [-0.1, -0.05) is 6.07 Å². The number of phenols is 1. The van der Waals surface area contributed by atoms with E-state index in [0.717, 1.165) is 12.1 Å². The molecule has 0 radical (unpaired) electrons. The molecule has 0 amide bonds. The quantitative estimate of drug-likeness (QED) is 0.483. The highest BCUT2D eigenvalue weighted by Gasteiger charge is 2.31. The van der Waals surface area contributed by atoms with Crippen LogP contribution in [0.3, 0.4) is 0 Å². The summed E-state index contributed by atoms with van der Waals surface area (Å²) in [7, 11) is -4.45. The molecule has 2 rings (SSSR count). The number of aromatic hydroxyl groups is 1. The zero-order valence-corrected chi connectivity index (χ0v) is 13.4. The Morgan fingerprint density at radius 1 is 1.16 bits per heavy atom. The Balaban J connectivity index is 2.46. The second-order valence-electron chi connectivity index (χ2n) is 5.04. The van der Waals surface area contributed by atoms with Crippen LogP contribution in [0.4, 0.5) is 24.5 Å². The molecule has 0 fully saturated rings. The largest absolute Gasteiger partial charge is 0.506 e. The molecule has 0 saturated carbocycles. The van der Waals surface area contributed by atoms with Crippen molar-refractivity contribution in [3.05, 3.63) is 57.6 Å². The van der Waals surface area contributed by atoms with Crippen LogP contribution in [0.5, 0.6) is 5.75 Å². The van der Waals surface area contributed by atoms with E-state index >= 15 is 0 Å². The second kappa shape index (κ2) is 6.24. The molecule has 0 spiro atoms. The van der Waals surface area contributed by atoms with Crippen LogP contribution in [-0.2, 0) is 16.2 Å². The minimum Gasteiger partial charge on any atom is -0.506 e. The molecule has 2 N–H and O–H groups in total. The van der Waals surface area contributed by atoms with Gasteiger partial charge in [0.25, 0.3) is 15.7 Å². The van der Waals surface area contributed by atoms with Gasteiger partial charge in [0.1, 0.15) is 5.75 Å². The number of sulfonamides is 1. The van der Waals surface area contributed by atoms with Gasteiger partial charge >= 0.3 is 6.18 Å². The maximum absolute atomic E-state index is 12.7. The highest BCUT2D eigenvalue weighted by molar-refractivity contribution is 7.92. The number of halogens is 3. The number of hydrogen-bond acceptors (Lipinski definition) is 5. The fraction of sp³-hybridized carbons (Fsp3) is 0.143. The molecule has 0 atom stereocenters. The van der Waals surface area contributed by atoms with Gasteiger partial charge in [0, 0.05) is 11.6 Å². The van der Waals surface area contributed by atoms with Crippen molar-refractivity contribution < 1.29 is 31.6 Å². The van der Waals surface area contributed by atoms with Crippen LogP contribution < -0.4 is 4.72 Å². The molecule has 0 saturated heterocycles. The lowest BCUT2D eigenvalue weighted by Gasteiger charge is -2.13. The molecule has 134 valence electrons. The van der Waals surface area contributed by atoms with Gasteiger partial charge < -0.3 is 5.11 Å². The predicted octanol–water partition coefficient (Wildman–Crippen LogP) is 3.43. The van der Waals surface area contributed by atoms with Crippen molar-refractivity contribution in [1.29, 1.82) is 0 Å². The van der Waals surface area contributed by atoms with Crippen LogP contribution in [-0.4, -0.2) is 18.4 Å². The number of aryl methyl sites for hydroxylation is 1. The maximum Gasteiger partial charge on any atom is 0.416 e. The Morgan fingerprint density at radius 2 is 1.80 bits per heavy atom. The van der Waals surface area contributed by atoms with Crippen molar-refractivity contribution in [3.8, 4) is 5.75 Å². The lowest BCUT2D eigenvalue weighted by atomic mass is 10.2. The van der Waals surface area contributed by atoms with Gasteiger partial charge in [0.05, 0.1) is 21.1 Å². The van der Waals surface area contributed by atoms with Crippen molar-refractivity contribution in [2.75, 3.05) is 4.72 Å². The van der Waals surface area contributed by atoms with Gasteiger partial charge in [0.15, 0.2) is 0 Å². The topological polar surface area (TPSA) is 110 Å². The molecular weight excluding hydrogens is 365 g/mol. The fourth-order valence-electron chi connectivity index (χ4n) is 1.95. The van der Waals surface area contributed by atoms with Crippen LogP contribution in [0.1, 0.15) is 11.1 Å². The van der Waals surface area contributed by atoms with Gasteiger partial charge in [-0.2, -0.15) is 13.2 Å². The van der Waals surface area contributed by atoms with Gasteiger partial charge in [0.2, 0.25) is 0 Å². The average molecular weight is 376 g/mol. The molecular formula is C14H11F3N2O5S. The average Bonchev–Trinajstić information content (AvgIpc) is 2.48. The number of phenolic OH excluding ortho intramolecular Hbond substituents is 1. The predicted molar refractivity (Wildman–Crippen MR) is 81.8 cm³/mol. The molecule has 0 bridgehead atoms. The molecule has 0 aromatic heterocycles. The summed E-state index contributed by atoms with van der Waals surface area (Å²) in [6.07, 6.45) is -4.74. The minimum atomic E-state index is -4.74. The summed E-state index contributed by atoms with van der Waals surface area (Å²) in [5, 5.41) is 20.5. The summed E-state index contributed by atoms with van der Waals surface area (Å²) in [5.74, 6) is -0.724. The summed E-state index contributed by atoms with van der Waals surface area (Å²) in [5.41, 5.74) is -2.11. The number of nitrogens with zero attached hydrogens (tertiary/aromatic N) is 1. The SMILES string of the molecule is Cc1ccc(S(=O)(=O)Nc2cc(C(F)(F)F)ccc2O)cc1[N+](=O)[O-]. The molecule has 2 aromatic rings. The molecule has 0 aliphatic rings. The summed E-state index contributed by atoms with van der Waals surface area (Å²) < 4.78 is 64.5. The van der Waals surface area contributed by atoms with E-state index in [2.05, 4.69) is 0 Å². The van der Waals surface area contributed by atoms with Crippen molar-refractivity contribution in [2.24, 2.45) is 0 Å². The third-order valence-corrected chi connectivity index (χ3v) is 4.62. The number of alkyl halides is 3. The molecule has 0 heterocycles. The van der Waals surface area contributed by atoms with Crippen molar-refractivity contribution in [3.63, 3.8) is 0 Å². The number of nitro benzene ring substituents is 1. The molecule has 7 nitrogen and oxygen atoms in total. The van der Waals surface area contributed by atoms with E-state index in [1.165, 1.54) is 13.0 Å². The summed E-state index contributed by atoms with van der Waals surface area (Å²) in [6, 6.07) is 4.74. The number of nitrogens with one attached hydrogen (secondary N) is 1. The lowest BCUT2D eigenvalue weighted by molar-refractivity contribution is -0.385. The number of nitro groups is 1. The van der Waals surface area contributed by atoms with Crippen LogP contribution >= 0.6 is 0 Å². The number of hydrogen-bond donors (Lipinski definition) is 2. The Hall–Kier alpha value is -2.82. The van der Waals surface area contributed by atoms with Gasteiger partial charge in [-0.15, -0.1) is 0 Å². The first-order valence-electron chi connectivity index (χ1n) is 6.60. The van der Waals surface area contributed by atoms with E-state index in [0.29, 0.717) is 18.2 Å². The molecule has 0 aliphatic carbocycles. The molecule has 0 unspecified atom stereocenters. The van der Waals surface area contributed by atoms with E-state index < -0.39 is 48.7 Å². The molecule has 2 aromatic carbocycles. The second-order valence-corrected chi connectivity index (χ2v) is 6.72. The fourth-order valence-corrected chi connectivity index (χ4v) is 3.04. The Morgan fingerprint density at radius 3 is 2.36 bits per heavy atom. The molecule has 25 heavy (non-hydrogen) atoms. The summed E-state index contributed by atoms with van der Waals surface area (Å²) in [4.78, 5) is 9.59. The van der Waals surface area contributed by atoms with E-state index in [9.17, 15) is 36.8 Å². The number of rotatable bonds is 4. The van der Waals surface area contributed by atoms with Gasteiger partial charge in [-0.3, -0.25) is 14.8 Å². The maximum atomic E-state index is 12.7. The summed E-state index contributed by atoms with van der Waals surface area (Å²) in [6.45, 7) is 1.40. The first kappa shape index (κ1) is 18.5. The van der Waals surface area contributed by atoms with Crippen molar-refractivity contribution >= 4 is 21.4 Å². The monoisotopic (exact) mass is 376 g/mol. The van der Waals surface area contributed by atoms with E-state index in [1.807, 2.05) is 0 Å². The zero-order valence-electron chi connectivity index (χ0n) is 12.5. The number of anilines is 1. The number of benzene rings is 2. The standard InChI is InChI=1S/C14H11F3N2O5S/c1-8-2-4-10(7-12(8)19(21)22)25(23,24)18-11-6-9(14(15,16)17)3-5-13(11)20/h2-7,18,20H,1H3. The van der Waals surface area contributed by atoms with Crippen LogP contribution in [0, 0.1) is 17.0 Å². The smallest absolute Gasteiger partial charge is 0.416 e. The Bertz CT molecular complexity index is 942. The van der Waals surface area contributed by atoms with E-state index in [4.69, 9.17) is 0 Å². The van der Waals surface area contributed by atoms with Crippen LogP contribution in [0.25, 0.3) is 0 Å². The van der Waals surface area contributed by atoms with Crippen molar-refractivity contribution in [1.82, 2.24) is 0 Å². The lowest BCUT2D eigenvalue weighted by Crippen LogP contribution is -2.14. The normalized spacial score (nSPS) is 12.0. The third kappa shape index (κ3) is 3.99. The van der Waals surface area contributed by atoms with E-state index in [1.54, 1.807) is 4.72 Å². The Labute approximate surface area is 139 Å². The van der Waals surface area contributed by atoms with Gasteiger partial charge in [-0.05, 0) is 31.2 Å². The van der Waals surface area contributed by atoms with Crippen LogP contribution in [0.2, 0.25) is 0 Å². The van der Waals surface area contributed by atoms with Crippen LogP contribution in [0.15, 0.2) is 41.3 Å². The zero-order chi connectivity index (χ0) is 19.0. The highest BCUT2D eigenvalue weighted by atomic mass is 32.2. The summed E-state index contributed by atoms with van der Waals surface area (Å²) >= 11 is 0. The van der Waals surface area contributed by atoms with Gasteiger partial charge in [-0.25, -0.2) is 8.42 Å². The minimum absolute atomic E-state index is 0.214. The molecule has 11 heteroatoms. The third-order valence-electron chi connectivity index (χ3n) is 3.26. The first-order chi connectivity index (χ1) is 11.4. The highest BCUT2D eigenvalue weighted by Crippen LogP contribution is 2.35. The Kier molecular flexibility index (Phi) is 4.62. The van der Waals surface area contributed by atoms with E-state index in [-0.39, 0.29) is 5.56 Å². The first-order valence-corrected chi connectivity index (χ1v) is 8.08. The van der Waals surface area contributed by atoms with Crippen molar-refractivity contribution in [2.45, 2.75) is 18.0 Å².